The molecule has 11 nitrogen and oxygen atoms in total. The second kappa shape index (κ2) is 13.3. The molecule has 2 aromatic rings. The average molecular weight is 472 g/mol. The van der Waals surface area contributed by atoms with Crippen LogP contribution in [-0.2, 0) is 13.1 Å². The number of hydrazone groups is 1. The molecule has 2 heterocycles. The minimum absolute atomic E-state index is 0.0875. The van der Waals surface area contributed by atoms with Gasteiger partial charge < -0.3 is 15.5 Å². The highest BCUT2D eigenvalue weighted by Crippen LogP contribution is 2.17. The van der Waals surface area contributed by atoms with Crippen molar-refractivity contribution >= 4 is 46.3 Å². The molecular formula is C16H19Cl2N9O2S. The lowest BCUT2D eigenvalue weighted by Crippen LogP contribution is -2.34. The van der Waals surface area contributed by atoms with Crippen LogP contribution in [0.1, 0.15) is 17.4 Å². The first-order valence-electron chi connectivity index (χ1n) is 8.25. The number of thiazole rings is 1. The number of nitrogens with zero attached hydrogens (tertiary/aromatic N) is 7. The van der Waals surface area contributed by atoms with Gasteiger partial charge in [-0.1, -0.05) is 29.3 Å². The van der Waals surface area contributed by atoms with E-state index in [1.165, 1.54) is 18.4 Å². The lowest BCUT2D eigenvalue weighted by atomic mass is 10.3. The van der Waals surface area contributed by atoms with Crippen LogP contribution >= 0.6 is 34.5 Å². The van der Waals surface area contributed by atoms with Crippen LogP contribution in [0.3, 0.4) is 0 Å². The van der Waals surface area contributed by atoms with E-state index in [2.05, 4.69) is 30.7 Å². The van der Waals surface area contributed by atoms with E-state index in [4.69, 9.17) is 28.5 Å². The predicted molar refractivity (Wildman–Crippen MR) is 117 cm³/mol. The standard InChI is InChI=1S/C10H11ClN4.C6H8ClN5O2S/c1-8(14-7-12)15(2)6-9-3-4-10(11)13-5-9;1-8-6(11-12(13)14)10-3-4-2-9-5(7)15-4/h3-5H,6H2,1-2H3;2H,3H2,1H3,(H2,8,10,11). The Morgan fingerprint density at radius 1 is 1.40 bits per heavy atom. The fourth-order valence-corrected chi connectivity index (χ4v) is 2.87. The summed E-state index contributed by atoms with van der Waals surface area (Å²) in [6.07, 6.45) is 5.06. The van der Waals surface area contributed by atoms with Gasteiger partial charge in [0.1, 0.15) is 16.1 Å². The number of halogens is 2. The first-order chi connectivity index (χ1) is 14.2. The first kappa shape index (κ1) is 25.0. The molecule has 0 aromatic carbocycles. The van der Waals surface area contributed by atoms with Crippen LogP contribution in [0.4, 0.5) is 0 Å². The topological polar surface area (TPSA) is 145 Å². The lowest BCUT2D eigenvalue weighted by molar-refractivity contribution is -0.485. The van der Waals surface area contributed by atoms with E-state index >= 15 is 0 Å². The van der Waals surface area contributed by atoms with Gasteiger partial charge >= 0.3 is 0 Å². The van der Waals surface area contributed by atoms with Crippen LogP contribution in [-0.4, -0.2) is 45.8 Å². The third kappa shape index (κ3) is 9.97. The van der Waals surface area contributed by atoms with E-state index < -0.39 is 5.03 Å². The molecule has 0 aliphatic carbocycles. The van der Waals surface area contributed by atoms with Crippen molar-refractivity contribution < 1.29 is 5.03 Å². The monoisotopic (exact) mass is 471 g/mol. The molecule has 14 heteroatoms. The minimum Gasteiger partial charge on any atom is -0.358 e. The number of nitrogens with one attached hydrogen (secondary N) is 2. The Morgan fingerprint density at radius 2 is 2.13 bits per heavy atom. The largest absolute Gasteiger partial charge is 0.358 e. The summed E-state index contributed by atoms with van der Waals surface area (Å²) in [5.74, 6) is 0.761. The Kier molecular flexibility index (Phi) is 11.1. The molecule has 160 valence electrons. The second-order valence-corrected chi connectivity index (χ2v) is 7.56. The van der Waals surface area contributed by atoms with Gasteiger partial charge in [-0.05, 0) is 18.6 Å². The molecule has 2 N–H and O–H groups in total. The van der Waals surface area contributed by atoms with E-state index in [9.17, 15) is 10.1 Å². The van der Waals surface area contributed by atoms with Gasteiger partial charge in [0.15, 0.2) is 9.50 Å². The number of hydrogen-bond donors (Lipinski definition) is 2. The molecule has 0 saturated carbocycles. The number of aliphatic imine (C=N–C) groups is 1. The van der Waals surface area contributed by atoms with Crippen LogP contribution in [0.5, 0.6) is 0 Å². The number of hydrogen-bond acceptors (Lipinski definition) is 7. The molecule has 0 aliphatic heterocycles. The van der Waals surface area contributed by atoms with Crippen LogP contribution < -0.4 is 10.6 Å². The van der Waals surface area contributed by atoms with Crippen molar-refractivity contribution in [1.29, 1.82) is 5.26 Å². The fraction of sp³-hybridized carbons (Fsp3) is 0.312. The number of nitro groups is 1. The highest BCUT2D eigenvalue weighted by atomic mass is 35.5. The number of aromatic nitrogens is 2. The summed E-state index contributed by atoms with van der Waals surface area (Å²) in [4.78, 5) is 24.3. The van der Waals surface area contributed by atoms with Crippen molar-refractivity contribution in [1.82, 2.24) is 25.5 Å². The van der Waals surface area contributed by atoms with Crippen LogP contribution in [0.15, 0.2) is 34.6 Å². The van der Waals surface area contributed by atoms with Gasteiger partial charge in [-0.2, -0.15) is 10.3 Å². The number of pyridine rings is 1. The molecule has 0 aliphatic rings. The van der Waals surface area contributed by atoms with Gasteiger partial charge in [0.05, 0.1) is 6.54 Å². The van der Waals surface area contributed by atoms with Crippen molar-refractivity contribution in [2.75, 3.05) is 14.1 Å². The average Bonchev–Trinajstić information content (AvgIpc) is 3.12. The van der Waals surface area contributed by atoms with Gasteiger partial charge in [-0.15, -0.1) is 11.3 Å². The molecule has 2 rings (SSSR count). The summed E-state index contributed by atoms with van der Waals surface area (Å²) in [5, 5.41) is 26.6. The molecule has 0 bridgehead atoms. The van der Waals surface area contributed by atoms with Crippen LogP contribution in [0.25, 0.3) is 0 Å². The number of nitriles is 1. The molecule has 0 atom stereocenters. The zero-order chi connectivity index (χ0) is 22.5. The number of guanidine groups is 1. The summed E-state index contributed by atoms with van der Waals surface area (Å²) in [7, 11) is 3.40. The van der Waals surface area contributed by atoms with Gasteiger partial charge in [0.2, 0.25) is 6.19 Å². The maximum Gasteiger partial charge on any atom is 0.268 e. The van der Waals surface area contributed by atoms with E-state index in [-0.39, 0.29) is 5.96 Å². The van der Waals surface area contributed by atoms with Crippen LogP contribution in [0.2, 0.25) is 9.62 Å². The summed E-state index contributed by atoms with van der Waals surface area (Å²) in [5.41, 5.74) is 1.02. The molecule has 0 radical (unpaired) electrons. The van der Waals surface area contributed by atoms with E-state index in [0.29, 0.717) is 28.5 Å². The van der Waals surface area contributed by atoms with E-state index in [1.807, 2.05) is 18.0 Å². The summed E-state index contributed by atoms with van der Waals surface area (Å²) < 4.78 is 0.434. The Balaban J connectivity index is 0.000000300. The van der Waals surface area contributed by atoms with Gasteiger partial charge in [-0.25, -0.2) is 20.1 Å². The van der Waals surface area contributed by atoms with Crippen molar-refractivity contribution in [2.24, 2.45) is 10.1 Å². The van der Waals surface area contributed by atoms with Crippen molar-refractivity contribution in [3.05, 3.63) is 54.7 Å². The molecule has 2 aromatic heterocycles. The Morgan fingerprint density at radius 3 is 2.63 bits per heavy atom. The highest BCUT2D eigenvalue weighted by Gasteiger charge is 2.04. The molecule has 0 unspecified atom stereocenters. The molecule has 0 amide bonds. The fourth-order valence-electron chi connectivity index (χ4n) is 1.84. The van der Waals surface area contributed by atoms with Crippen molar-refractivity contribution in [2.45, 2.75) is 20.0 Å². The maximum absolute atomic E-state index is 10.1. The number of amidine groups is 1. The highest BCUT2D eigenvalue weighted by molar-refractivity contribution is 7.15. The predicted octanol–water partition coefficient (Wildman–Crippen LogP) is 2.72. The molecular weight excluding hydrogens is 453 g/mol. The molecule has 30 heavy (non-hydrogen) atoms. The van der Waals surface area contributed by atoms with Crippen molar-refractivity contribution in [3.63, 3.8) is 0 Å². The molecule has 0 fully saturated rings. The summed E-state index contributed by atoms with van der Waals surface area (Å²) >= 11 is 12.6. The zero-order valence-corrected chi connectivity index (χ0v) is 18.7. The maximum atomic E-state index is 10.1. The first-order valence-corrected chi connectivity index (χ1v) is 9.82. The van der Waals surface area contributed by atoms with Crippen LogP contribution in [0, 0.1) is 21.6 Å². The van der Waals surface area contributed by atoms with Gasteiger partial charge in [-0.3, -0.25) is 0 Å². The summed E-state index contributed by atoms with van der Waals surface area (Å²) in [6, 6.07) is 3.63. The van der Waals surface area contributed by atoms with Gasteiger partial charge in [0.25, 0.3) is 5.96 Å². The Labute approximate surface area is 187 Å². The third-order valence-corrected chi connectivity index (χ3v) is 4.68. The van der Waals surface area contributed by atoms with E-state index in [0.717, 1.165) is 10.4 Å². The molecule has 0 spiro atoms. The van der Waals surface area contributed by atoms with E-state index in [1.54, 1.807) is 31.6 Å². The Bertz CT molecular complexity index is 926. The molecule has 0 saturated heterocycles. The zero-order valence-electron chi connectivity index (χ0n) is 16.3. The summed E-state index contributed by atoms with van der Waals surface area (Å²) in [6.45, 7) is 2.83. The second-order valence-electron chi connectivity index (χ2n) is 5.47. The lowest BCUT2D eigenvalue weighted by Gasteiger charge is -2.17. The minimum atomic E-state index is -0.779. The number of rotatable bonds is 5. The smallest absolute Gasteiger partial charge is 0.268 e. The van der Waals surface area contributed by atoms with Crippen molar-refractivity contribution in [3.8, 4) is 6.19 Å². The quantitative estimate of drug-likeness (QED) is 0.169. The third-order valence-electron chi connectivity index (χ3n) is 3.35. The van der Waals surface area contributed by atoms with Gasteiger partial charge in [0, 0.05) is 37.9 Å². The SMILES string of the molecule is CC(=NC#N)N(C)Cc1ccc(Cl)nc1.CN/C(=N\[N+](=O)[O-])NCc1cnc(Cl)s1. The Hall–Kier alpha value is -3.01. The normalized spacial score (nSPS) is 11.1.